The summed E-state index contributed by atoms with van der Waals surface area (Å²) in [4.78, 5) is 24.4. The fraction of sp³-hybridized carbons (Fsp3) is 0.143. The molecule has 2 atom stereocenters. The van der Waals surface area contributed by atoms with Gasteiger partial charge < -0.3 is 10.1 Å². The molecule has 3 aromatic carbocycles. The van der Waals surface area contributed by atoms with Gasteiger partial charge in [-0.05, 0) is 34.5 Å². The SMILES string of the molecule is O=C(N[C@@H]1C[C@H](c2ccc3ccccc3c2)OC1=O)c1ccccc1. The van der Waals surface area contributed by atoms with E-state index in [2.05, 4.69) is 5.32 Å². The summed E-state index contributed by atoms with van der Waals surface area (Å²) in [5.74, 6) is -0.649. The summed E-state index contributed by atoms with van der Waals surface area (Å²) in [6, 6.07) is 22.3. The highest BCUT2D eigenvalue weighted by Crippen LogP contribution is 2.31. The monoisotopic (exact) mass is 331 g/mol. The van der Waals surface area contributed by atoms with E-state index in [1.807, 2.05) is 48.5 Å². The number of fused-ring (bicyclic) bond motifs is 1. The van der Waals surface area contributed by atoms with Crippen LogP contribution in [-0.4, -0.2) is 17.9 Å². The molecule has 124 valence electrons. The molecule has 1 amide bonds. The van der Waals surface area contributed by atoms with Crippen LogP contribution in [0.5, 0.6) is 0 Å². The maximum Gasteiger partial charge on any atom is 0.329 e. The van der Waals surface area contributed by atoms with Gasteiger partial charge in [0.15, 0.2) is 0 Å². The van der Waals surface area contributed by atoms with Crippen molar-refractivity contribution in [2.75, 3.05) is 0 Å². The van der Waals surface area contributed by atoms with Crippen LogP contribution < -0.4 is 5.32 Å². The van der Waals surface area contributed by atoms with Crippen molar-refractivity contribution >= 4 is 22.6 Å². The lowest BCUT2D eigenvalue weighted by Gasteiger charge is -2.10. The largest absolute Gasteiger partial charge is 0.456 e. The van der Waals surface area contributed by atoms with E-state index in [9.17, 15) is 9.59 Å². The predicted molar refractivity (Wildman–Crippen MR) is 95.1 cm³/mol. The van der Waals surface area contributed by atoms with Crippen LogP contribution in [0.2, 0.25) is 0 Å². The van der Waals surface area contributed by atoms with E-state index in [1.54, 1.807) is 24.3 Å². The fourth-order valence-corrected chi connectivity index (χ4v) is 3.14. The van der Waals surface area contributed by atoms with E-state index in [4.69, 9.17) is 4.74 Å². The summed E-state index contributed by atoms with van der Waals surface area (Å²) in [5.41, 5.74) is 1.48. The Bertz CT molecular complexity index is 936. The maximum absolute atomic E-state index is 12.2. The summed E-state index contributed by atoms with van der Waals surface area (Å²) in [7, 11) is 0. The van der Waals surface area contributed by atoms with Gasteiger partial charge in [-0.3, -0.25) is 4.79 Å². The molecule has 0 bridgehead atoms. The molecular weight excluding hydrogens is 314 g/mol. The molecule has 1 fully saturated rings. The Morgan fingerprint density at radius 3 is 2.44 bits per heavy atom. The van der Waals surface area contributed by atoms with E-state index in [1.165, 1.54) is 0 Å². The van der Waals surface area contributed by atoms with Gasteiger partial charge in [0.05, 0.1) is 0 Å². The zero-order valence-electron chi connectivity index (χ0n) is 13.5. The van der Waals surface area contributed by atoms with Gasteiger partial charge in [-0.1, -0.05) is 54.6 Å². The van der Waals surface area contributed by atoms with E-state index in [0.717, 1.165) is 16.3 Å². The van der Waals surface area contributed by atoms with Crippen molar-refractivity contribution in [2.24, 2.45) is 0 Å². The molecule has 0 aliphatic carbocycles. The molecule has 1 saturated heterocycles. The van der Waals surface area contributed by atoms with E-state index in [0.29, 0.717) is 12.0 Å². The first-order valence-corrected chi connectivity index (χ1v) is 8.26. The second kappa shape index (κ2) is 6.40. The third-order valence-electron chi connectivity index (χ3n) is 4.48. The quantitative estimate of drug-likeness (QED) is 0.746. The van der Waals surface area contributed by atoms with Gasteiger partial charge in [0.25, 0.3) is 5.91 Å². The third-order valence-corrected chi connectivity index (χ3v) is 4.48. The van der Waals surface area contributed by atoms with Crippen molar-refractivity contribution < 1.29 is 14.3 Å². The summed E-state index contributed by atoms with van der Waals surface area (Å²) in [6.07, 6.45) is 0.105. The average Bonchev–Trinajstić information content (AvgIpc) is 3.02. The number of hydrogen-bond acceptors (Lipinski definition) is 3. The van der Waals surface area contributed by atoms with E-state index >= 15 is 0 Å². The minimum absolute atomic E-state index is 0.262. The lowest BCUT2D eigenvalue weighted by molar-refractivity contribution is -0.143. The standard InChI is InChI=1S/C21H17NO3/c23-20(15-7-2-1-3-8-15)22-18-13-19(25-21(18)24)17-11-10-14-6-4-5-9-16(14)12-17/h1-12,18-19H,13H2,(H,22,23)/t18-,19-/m1/s1. The number of cyclic esters (lactones) is 1. The number of nitrogens with one attached hydrogen (secondary N) is 1. The Morgan fingerprint density at radius 2 is 1.64 bits per heavy atom. The lowest BCUT2D eigenvalue weighted by atomic mass is 10.0. The van der Waals surface area contributed by atoms with Gasteiger partial charge in [0, 0.05) is 12.0 Å². The molecule has 4 heteroatoms. The van der Waals surface area contributed by atoms with Crippen molar-refractivity contribution in [3.05, 3.63) is 83.9 Å². The van der Waals surface area contributed by atoms with Crippen LogP contribution >= 0.6 is 0 Å². The Hall–Kier alpha value is -3.14. The third kappa shape index (κ3) is 3.11. The van der Waals surface area contributed by atoms with Crippen molar-refractivity contribution in [2.45, 2.75) is 18.6 Å². The highest BCUT2D eigenvalue weighted by atomic mass is 16.6. The predicted octanol–water partition coefficient (Wildman–Crippen LogP) is 3.63. The van der Waals surface area contributed by atoms with Crippen LogP contribution in [0.25, 0.3) is 10.8 Å². The van der Waals surface area contributed by atoms with Crippen LogP contribution in [-0.2, 0) is 9.53 Å². The number of rotatable bonds is 3. The first-order valence-electron chi connectivity index (χ1n) is 8.26. The zero-order chi connectivity index (χ0) is 17.2. The Kier molecular flexibility index (Phi) is 3.94. The highest BCUT2D eigenvalue weighted by Gasteiger charge is 2.36. The number of ether oxygens (including phenoxy) is 1. The highest BCUT2D eigenvalue weighted by molar-refractivity contribution is 5.97. The molecular formula is C21H17NO3. The van der Waals surface area contributed by atoms with Crippen LogP contribution in [0.4, 0.5) is 0 Å². The number of amides is 1. The second-order valence-electron chi connectivity index (χ2n) is 6.16. The summed E-state index contributed by atoms with van der Waals surface area (Å²) in [6.45, 7) is 0. The molecule has 4 nitrogen and oxygen atoms in total. The van der Waals surface area contributed by atoms with Crippen LogP contribution in [0.3, 0.4) is 0 Å². The fourth-order valence-electron chi connectivity index (χ4n) is 3.14. The van der Waals surface area contributed by atoms with Gasteiger partial charge in [-0.2, -0.15) is 0 Å². The molecule has 0 unspecified atom stereocenters. The van der Waals surface area contributed by atoms with Gasteiger partial charge in [0.2, 0.25) is 0 Å². The Labute approximate surface area is 145 Å². The zero-order valence-corrected chi connectivity index (χ0v) is 13.5. The molecule has 4 rings (SSSR count). The summed E-state index contributed by atoms with van der Waals surface area (Å²) in [5, 5.41) is 5.02. The molecule has 1 N–H and O–H groups in total. The van der Waals surface area contributed by atoms with E-state index < -0.39 is 6.04 Å². The molecule has 1 heterocycles. The maximum atomic E-state index is 12.2. The molecule has 25 heavy (non-hydrogen) atoms. The molecule has 1 aliphatic rings. The number of carbonyl (C=O) groups excluding carboxylic acids is 2. The van der Waals surface area contributed by atoms with Gasteiger partial charge >= 0.3 is 5.97 Å². The minimum Gasteiger partial charge on any atom is -0.456 e. The van der Waals surface area contributed by atoms with Gasteiger partial charge in [0.1, 0.15) is 12.1 Å². The summed E-state index contributed by atoms with van der Waals surface area (Å²) < 4.78 is 5.49. The van der Waals surface area contributed by atoms with Gasteiger partial charge in [-0.15, -0.1) is 0 Å². The van der Waals surface area contributed by atoms with Crippen molar-refractivity contribution in [1.29, 1.82) is 0 Å². The molecule has 0 spiro atoms. The van der Waals surface area contributed by atoms with Gasteiger partial charge in [-0.25, -0.2) is 4.79 Å². The Balaban J connectivity index is 1.50. The first-order chi connectivity index (χ1) is 12.2. The van der Waals surface area contributed by atoms with Crippen molar-refractivity contribution in [3.63, 3.8) is 0 Å². The van der Waals surface area contributed by atoms with E-state index in [-0.39, 0.29) is 18.0 Å². The van der Waals surface area contributed by atoms with Crippen LogP contribution in [0.15, 0.2) is 72.8 Å². The van der Waals surface area contributed by atoms with Crippen LogP contribution in [0.1, 0.15) is 28.4 Å². The van der Waals surface area contributed by atoms with Crippen molar-refractivity contribution in [3.8, 4) is 0 Å². The molecule has 0 saturated carbocycles. The van der Waals surface area contributed by atoms with Crippen molar-refractivity contribution in [1.82, 2.24) is 5.32 Å². The van der Waals surface area contributed by atoms with Crippen LogP contribution in [0, 0.1) is 0 Å². The normalized spacial score (nSPS) is 19.6. The molecule has 0 radical (unpaired) electrons. The second-order valence-corrected chi connectivity index (χ2v) is 6.16. The smallest absolute Gasteiger partial charge is 0.329 e. The molecule has 0 aromatic heterocycles. The topological polar surface area (TPSA) is 55.4 Å². The lowest BCUT2D eigenvalue weighted by Crippen LogP contribution is -2.37. The number of esters is 1. The number of hydrogen-bond donors (Lipinski definition) is 1. The first kappa shape index (κ1) is 15.4. The number of benzene rings is 3. The number of carbonyl (C=O) groups is 2. The summed E-state index contributed by atoms with van der Waals surface area (Å²) >= 11 is 0. The molecule has 3 aromatic rings. The molecule has 1 aliphatic heterocycles. The minimum atomic E-state index is -0.621. The Morgan fingerprint density at radius 1 is 0.920 bits per heavy atom. The average molecular weight is 331 g/mol.